The maximum absolute atomic E-state index is 2.34. The number of hydrogen-bond acceptors (Lipinski definition) is 1. The van der Waals surface area contributed by atoms with Gasteiger partial charge in [-0.05, 0) is 49.4 Å². The Hall–Kier alpha value is -2.34. The Bertz CT molecular complexity index is 1260. The van der Waals surface area contributed by atoms with E-state index in [1.807, 2.05) is 0 Å². The maximum atomic E-state index is 2.34. The Morgan fingerprint density at radius 1 is 0.923 bits per heavy atom. The van der Waals surface area contributed by atoms with E-state index in [2.05, 4.69) is 101 Å². The Labute approximate surface area is 169 Å². The molecular formula is C22H20IN3. The lowest BCUT2D eigenvalue weighted by Gasteiger charge is -2.16. The molecule has 130 valence electrons. The second-order valence-electron chi connectivity index (χ2n) is 6.60. The van der Waals surface area contributed by atoms with Crippen LogP contribution in [0.15, 0.2) is 72.9 Å². The molecule has 5 aromatic rings. The van der Waals surface area contributed by atoms with Gasteiger partial charge in [0.25, 0.3) is 5.65 Å². The summed E-state index contributed by atoms with van der Waals surface area (Å²) in [5, 5.41) is 2.52. The molecule has 0 unspecified atom stereocenters. The summed E-state index contributed by atoms with van der Waals surface area (Å²) in [7, 11) is 2.13. The van der Waals surface area contributed by atoms with Gasteiger partial charge in [-0.25, -0.2) is 0 Å². The summed E-state index contributed by atoms with van der Waals surface area (Å²) in [4.78, 5) is 2.26. The van der Waals surface area contributed by atoms with E-state index in [0.29, 0.717) is 0 Å². The lowest BCUT2D eigenvalue weighted by atomic mass is 10.1. The number of pyridine rings is 2. The third kappa shape index (κ3) is 2.43. The minimum Gasteiger partial charge on any atom is -1.00 e. The summed E-state index contributed by atoms with van der Waals surface area (Å²) in [6, 6.07) is 24.1. The molecule has 0 N–H and O–H groups in total. The molecule has 26 heavy (non-hydrogen) atoms. The van der Waals surface area contributed by atoms with Crippen molar-refractivity contribution in [1.29, 1.82) is 0 Å². The topological polar surface area (TPSA) is 11.8 Å². The van der Waals surface area contributed by atoms with Gasteiger partial charge in [0.15, 0.2) is 5.52 Å². The van der Waals surface area contributed by atoms with Crippen LogP contribution in [0.5, 0.6) is 0 Å². The third-order valence-electron chi connectivity index (χ3n) is 5.20. The predicted molar refractivity (Wildman–Crippen MR) is 105 cm³/mol. The Morgan fingerprint density at radius 2 is 1.73 bits per heavy atom. The van der Waals surface area contributed by atoms with Crippen LogP contribution in [-0.4, -0.2) is 18.0 Å². The quantitative estimate of drug-likeness (QED) is 0.291. The lowest BCUT2D eigenvalue weighted by Crippen LogP contribution is -3.00. The van der Waals surface area contributed by atoms with Gasteiger partial charge in [0.2, 0.25) is 0 Å². The monoisotopic (exact) mass is 453 g/mol. The molecule has 0 spiro atoms. The second-order valence-corrected chi connectivity index (χ2v) is 6.60. The number of nitrogens with zero attached hydrogens (tertiary/aromatic N) is 3. The van der Waals surface area contributed by atoms with Gasteiger partial charge in [-0.15, -0.1) is 0 Å². The van der Waals surface area contributed by atoms with Gasteiger partial charge in [0, 0.05) is 36.1 Å². The molecule has 0 aliphatic rings. The van der Waals surface area contributed by atoms with Gasteiger partial charge >= 0.3 is 0 Å². The van der Waals surface area contributed by atoms with E-state index in [4.69, 9.17) is 0 Å². The van der Waals surface area contributed by atoms with Crippen LogP contribution < -0.4 is 33.3 Å². The van der Waals surface area contributed by atoms with E-state index in [-0.39, 0.29) is 24.0 Å². The first-order valence-electron chi connectivity index (χ1n) is 8.75. The zero-order valence-corrected chi connectivity index (χ0v) is 17.0. The molecule has 0 atom stereocenters. The van der Waals surface area contributed by atoms with Gasteiger partial charge < -0.3 is 28.9 Å². The van der Waals surface area contributed by atoms with Crippen molar-refractivity contribution in [3.63, 3.8) is 0 Å². The van der Waals surface area contributed by atoms with Crippen molar-refractivity contribution in [3.05, 3.63) is 72.9 Å². The molecule has 3 heterocycles. The number of halogens is 1. The van der Waals surface area contributed by atoms with Crippen LogP contribution in [0, 0.1) is 0 Å². The molecule has 0 radical (unpaired) electrons. The highest BCUT2D eigenvalue weighted by Gasteiger charge is 2.16. The minimum atomic E-state index is 0. The normalized spacial score (nSPS) is 11.3. The Balaban J connectivity index is 0.00000168. The fourth-order valence-corrected chi connectivity index (χ4v) is 3.71. The van der Waals surface area contributed by atoms with Gasteiger partial charge in [-0.1, -0.05) is 18.2 Å². The molecule has 3 nitrogen and oxygen atoms in total. The van der Waals surface area contributed by atoms with Gasteiger partial charge in [0.05, 0.1) is 0 Å². The Morgan fingerprint density at radius 3 is 2.58 bits per heavy atom. The van der Waals surface area contributed by atoms with E-state index in [0.717, 1.165) is 6.54 Å². The first-order chi connectivity index (χ1) is 12.3. The van der Waals surface area contributed by atoms with E-state index >= 15 is 0 Å². The summed E-state index contributed by atoms with van der Waals surface area (Å²) < 4.78 is 4.63. The lowest BCUT2D eigenvalue weighted by molar-refractivity contribution is -0.479. The largest absolute Gasteiger partial charge is 1.00 e. The molecule has 0 amide bonds. The molecule has 0 bridgehead atoms. The average Bonchev–Trinajstić information content (AvgIpc) is 3.06. The number of fused-ring (bicyclic) bond motifs is 7. The molecule has 2 aromatic carbocycles. The van der Waals surface area contributed by atoms with Crippen LogP contribution in [-0.2, 0) is 0 Å². The third-order valence-corrected chi connectivity index (χ3v) is 5.20. The fraction of sp³-hybridized carbons (Fsp3) is 0.136. The fourth-order valence-electron chi connectivity index (χ4n) is 3.71. The first-order valence-corrected chi connectivity index (χ1v) is 8.75. The number of anilines is 1. The van der Waals surface area contributed by atoms with Crippen LogP contribution in [0.4, 0.5) is 5.69 Å². The van der Waals surface area contributed by atoms with Crippen LogP contribution >= 0.6 is 0 Å². The molecule has 0 fully saturated rings. The van der Waals surface area contributed by atoms with Crippen LogP contribution in [0.25, 0.3) is 33.0 Å². The van der Waals surface area contributed by atoms with Crippen LogP contribution in [0.2, 0.25) is 0 Å². The number of para-hydroxylation sites is 1. The van der Waals surface area contributed by atoms with Crippen LogP contribution in [0.1, 0.15) is 6.92 Å². The van der Waals surface area contributed by atoms with Crippen LogP contribution in [0.3, 0.4) is 0 Å². The molecule has 3 aromatic heterocycles. The predicted octanol–water partition coefficient (Wildman–Crippen LogP) is 1.44. The molecule has 4 heteroatoms. The number of rotatable bonds is 2. The van der Waals surface area contributed by atoms with E-state index in [9.17, 15) is 0 Å². The molecule has 0 saturated carbocycles. The zero-order valence-electron chi connectivity index (χ0n) is 14.9. The van der Waals surface area contributed by atoms with Crippen molar-refractivity contribution in [2.45, 2.75) is 6.92 Å². The van der Waals surface area contributed by atoms with Gasteiger partial charge in [-0.2, -0.15) is 8.80 Å². The van der Waals surface area contributed by atoms with Crippen molar-refractivity contribution in [3.8, 4) is 0 Å². The van der Waals surface area contributed by atoms with Crippen molar-refractivity contribution >= 4 is 38.7 Å². The van der Waals surface area contributed by atoms with Crippen molar-refractivity contribution in [1.82, 2.24) is 4.40 Å². The second kappa shape index (κ2) is 6.43. The van der Waals surface area contributed by atoms with Crippen molar-refractivity contribution < 1.29 is 28.4 Å². The number of aromatic nitrogens is 2. The van der Waals surface area contributed by atoms with Gasteiger partial charge in [0.1, 0.15) is 17.2 Å². The first kappa shape index (κ1) is 17.1. The number of benzene rings is 2. The summed E-state index contributed by atoms with van der Waals surface area (Å²) in [6.07, 6.45) is 2.23. The van der Waals surface area contributed by atoms with Crippen molar-refractivity contribution in [2.24, 2.45) is 0 Å². The summed E-state index contributed by atoms with van der Waals surface area (Å²) in [6.45, 7) is 3.18. The number of hydrogen-bond donors (Lipinski definition) is 0. The molecule has 0 aliphatic carbocycles. The maximum Gasteiger partial charge on any atom is 0.292 e. The van der Waals surface area contributed by atoms with E-state index in [1.54, 1.807) is 0 Å². The molecule has 0 saturated heterocycles. The highest BCUT2D eigenvalue weighted by atomic mass is 127. The summed E-state index contributed by atoms with van der Waals surface area (Å²) >= 11 is 0. The van der Waals surface area contributed by atoms with Gasteiger partial charge in [-0.3, -0.25) is 0 Å². The van der Waals surface area contributed by atoms with E-state index in [1.165, 1.54) is 38.7 Å². The Kier molecular flexibility index (Phi) is 4.23. The molecule has 0 aliphatic heterocycles. The highest BCUT2D eigenvalue weighted by molar-refractivity contribution is 5.88. The number of imidazole rings is 1. The molecule has 5 rings (SSSR count). The summed E-state index contributed by atoms with van der Waals surface area (Å²) in [5.41, 5.74) is 6.13. The standard InChI is InChI=1S/C22H20N3.HI/c1-3-23(2)18-11-12-21-17(14-18)8-10-19-15-24-20-7-5-4-6-16(20)9-13-22(24)25(19)21;/h4-15H,3H2,1-2H3;1H/q+1;/p-1. The average molecular weight is 453 g/mol. The SMILES string of the molecule is CCN(C)c1ccc2c(ccc3c[n+]4c5ccccc5ccc4n32)c1.[I-]. The van der Waals surface area contributed by atoms with E-state index < -0.39 is 0 Å². The van der Waals surface area contributed by atoms with Crippen molar-refractivity contribution in [2.75, 3.05) is 18.5 Å². The minimum absolute atomic E-state index is 0. The zero-order chi connectivity index (χ0) is 17.0. The summed E-state index contributed by atoms with van der Waals surface area (Å²) in [5.74, 6) is 0. The smallest absolute Gasteiger partial charge is 0.292 e. The molecular weight excluding hydrogens is 433 g/mol. The highest BCUT2D eigenvalue weighted by Crippen LogP contribution is 2.25.